The molecule has 0 aliphatic rings. The summed E-state index contributed by atoms with van der Waals surface area (Å²) in [5, 5.41) is 11.0. The highest BCUT2D eigenvalue weighted by molar-refractivity contribution is 7.10. The molecule has 2 heterocycles. The third kappa shape index (κ3) is 7.92. The predicted octanol–water partition coefficient (Wildman–Crippen LogP) is 4.37. The number of urea groups is 1. The second-order valence-corrected chi connectivity index (χ2v) is 7.75. The van der Waals surface area contributed by atoms with Crippen LogP contribution in [0.3, 0.4) is 0 Å². The van der Waals surface area contributed by atoms with Crippen LogP contribution in [0, 0.1) is 0 Å². The molecule has 180 valence electrons. The van der Waals surface area contributed by atoms with Crippen molar-refractivity contribution in [2.24, 2.45) is 0 Å². The summed E-state index contributed by atoms with van der Waals surface area (Å²) in [6.07, 6.45) is -3.19. The SMILES string of the molecule is CCNC(=O)Nc1cc(CNc2ncsc2CC(=O)Nc2ccc(OC(F)(F)F)cc2)ccn1. The average molecular weight is 494 g/mol. The van der Waals surface area contributed by atoms with Gasteiger partial charge in [-0.25, -0.2) is 14.8 Å². The molecule has 34 heavy (non-hydrogen) atoms. The van der Waals surface area contributed by atoms with Crippen molar-refractivity contribution in [2.45, 2.75) is 26.3 Å². The maximum absolute atomic E-state index is 12.4. The molecule has 0 atom stereocenters. The molecule has 0 radical (unpaired) electrons. The summed E-state index contributed by atoms with van der Waals surface area (Å²) < 4.78 is 40.5. The summed E-state index contributed by atoms with van der Waals surface area (Å²) in [4.78, 5) is 33.1. The molecule has 0 bridgehead atoms. The number of rotatable bonds is 9. The van der Waals surface area contributed by atoms with Gasteiger partial charge in [-0.1, -0.05) is 0 Å². The lowest BCUT2D eigenvalue weighted by Crippen LogP contribution is -2.28. The van der Waals surface area contributed by atoms with E-state index >= 15 is 0 Å². The number of alkyl halides is 3. The molecule has 1 aromatic carbocycles. The van der Waals surface area contributed by atoms with E-state index in [4.69, 9.17) is 0 Å². The lowest BCUT2D eigenvalue weighted by Gasteiger charge is -2.10. The highest BCUT2D eigenvalue weighted by atomic mass is 32.1. The van der Waals surface area contributed by atoms with Crippen molar-refractivity contribution in [3.8, 4) is 5.75 Å². The number of hydrogen-bond donors (Lipinski definition) is 4. The van der Waals surface area contributed by atoms with Crippen LogP contribution < -0.4 is 26.0 Å². The number of ether oxygens (including phenoxy) is 1. The van der Waals surface area contributed by atoms with Gasteiger partial charge < -0.3 is 20.7 Å². The van der Waals surface area contributed by atoms with E-state index in [9.17, 15) is 22.8 Å². The van der Waals surface area contributed by atoms with Crippen LogP contribution in [0.4, 0.5) is 35.3 Å². The molecule has 0 saturated carbocycles. The number of anilines is 3. The number of carbonyl (C=O) groups excluding carboxylic acids is 2. The molecule has 3 aromatic rings. The average Bonchev–Trinajstić information content (AvgIpc) is 3.20. The van der Waals surface area contributed by atoms with Crippen molar-refractivity contribution in [3.05, 3.63) is 58.5 Å². The molecule has 3 rings (SSSR count). The lowest BCUT2D eigenvalue weighted by atomic mass is 10.2. The highest BCUT2D eigenvalue weighted by Gasteiger charge is 2.31. The molecule has 0 aliphatic heterocycles. The summed E-state index contributed by atoms with van der Waals surface area (Å²) in [5.41, 5.74) is 2.77. The van der Waals surface area contributed by atoms with Crippen LogP contribution in [0.2, 0.25) is 0 Å². The number of hydrogen-bond acceptors (Lipinski definition) is 7. The Morgan fingerprint density at radius 1 is 1.09 bits per heavy atom. The Labute approximate surface area is 196 Å². The molecular weight excluding hydrogens is 473 g/mol. The zero-order valence-electron chi connectivity index (χ0n) is 17.9. The molecule has 0 spiro atoms. The van der Waals surface area contributed by atoms with Gasteiger partial charge >= 0.3 is 12.4 Å². The fourth-order valence-corrected chi connectivity index (χ4v) is 3.53. The minimum atomic E-state index is -4.78. The van der Waals surface area contributed by atoms with Gasteiger partial charge in [0.05, 0.1) is 16.8 Å². The van der Waals surface area contributed by atoms with Crippen LogP contribution in [-0.4, -0.2) is 34.8 Å². The first-order chi connectivity index (χ1) is 16.2. The van der Waals surface area contributed by atoms with Gasteiger partial charge in [0.25, 0.3) is 0 Å². The first kappa shape index (κ1) is 24.8. The first-order valence-electron chi connectivity index (χ1n) is 10.0. The minimum absolute atomic E-state index is 0.0220. The largest absolute Gasteiger partial charge is 0.573 e. The molecule has 13 heteroatoms. The van der Waals surface area contributed by atoms with Gasteiger partial charge in [-0.05, 0) is 48.9 Å². The Kier molecular flexibility index (Phi) is 8.24. The van der Waals surface area contributed by atoms with Crippen LogP contribution >= 0.6 is 11.3 Å². The number of benzene rings is 1. The van der Waals surface area contributed by atoms with Crippen molar-refractivity contribution < 1.29 is 27.5 Å². The number of aromatic nitrogens is 2. The van der Waals surface area contributed by atoms with Gasteiger partial charge in [0, 0.05) is 25.0 Å². The van der Waals surface area contributed by atoms with Gasteiger partial charge in [-0.15, -0.1) is 24.5 Å². The quantitative estimate of drug-likeness (QED) is 0.351. The van der Waals surface area contributed by atoms with E-state index < -0.39 is 6.36 Å². The summed E-state index contributed by atoms with van der Waals surface area (Å²) in [7, 11) is 0. The Morgan fingerprint density at radius 2 is 1.85 bits per heavy atom. The number of pyridine rings is 1. The molecule has 0 fully saturated rings. The van der Waals surface area contributed by atoms with E-state index in [0.717, 1.165) is 17.7 Å². The molecule has 3 amide bonds. The first-order valence-corrected chi connectivity index (χ1v) is 10.9. The number of nitrogens with zero attached hydrogens (tertiary/aromatic N) is 2. The Bertz CT molecular complexity index is 1120. The van der Waals surface area contributed by atoms with Gasteiger partial charge in [-0.2, -0.15) is 0 Å². The van der Waals surface area contributed by atoms with Crippen LogP contribution in [0.1, 0.15) is 17.4 Å². The number of thiazole rings is 1. The zero-order chi connectivity index (χ0) is 24.6. The predicted molar refractivity (Wildman–Crippen MR) is 122 cm³/mol. The molecule has 2 aromatic heterocycles. The maximum atomic E-state index is 12.4. The Hall–Kier alpha value is -3.87. The Morgan fingerprint density at radius 3 is 2.56 bits per heavy atom. The summed E-state index contributed by atoms with van der Waals surface area (Å²) >= 11 is 1.29. The van der Waals surface area contributed by atoms with Crippen molar-refractivity contribution in [1.82, 2.24) is 15.3 Å². The number of halogens is 3. The number of amides is 3. The molecule has 9 nitrogen and oxygen atoms in total. The van der Waals surface area contributed by atoms with E-state index in [1.165, 1.54) is 23.5 Å². The van der Waals surface area contributed by atoms with Crippen LogP contribution in [-0.2, 0) is 17.8 Å². The monoisotopic (exact) mass is 494 g/mol. The van der Waals surface area contributed by atoms with Gasteiger partial charge in [0.2, 0.25) is 5.91 Å². The molecule has 0 unspecified atom stereocenters. The smallest absolute Gasteiger partial charge is 0.406 e. The summed E-state index contributed by atoms with van der Waals surface area (Å²) in [5.74, 6) is 0.202. The fraction of sp³-hybridized carbons (Fsp3) is 0.238. The number of carbonyl (C=O) groups is 2. The van der Waals surface area contributed by atoms with Crippen molar-refractivity contribution in [2.75, 3.05) is 22.5 Å². The standard InChI is InChI=1S/C21H21F3N6O3S/c1-2-25-20(32)30-17-9-13(7-8-26-17)11-27-19-16(34-12-28-19)10-18(31)29-14-3-5-15(6-4-14)33-21(22,23)24/h3-9,12,27H,2,10-11H2,1H3,(H,29,31)(H2,25,26,30,32). The number of nitrogens with one attached hydrogen (secondary N) is 4. The van der Waals surface area contributed by atoms with Gasteiger partial charge in [0.15, 0.2) is 0 Å². The maximum Gasteiger partial charge on any atom is 0.573 e. The third-order valence-electron chi connectivity index (χ3n) is 4.20. The van der Waals surface area contributed by atoms with E-state index in [1.807, 2.05) is 6.92 Å². The summed E-state index contributed by atoms with van der Waals surface area (Å²) in [6.45, 7) is 2.68. The second kappa shape index (κ2) is 11.3. The van der Waals surface area contributed by atoms with Crippen molar-refractivity contribution in [3.63, 3.8) is 0 Å². The van der Waals surface area contributed by atoms with Crippen LogP contribution in [0.5, 0.6) is 5.75 Å². The van der Waals surface area contributed by atoms with E-state index in [-0.39, 0.29) is 24.1 Å². The molecule has 0 saturated heterocycles. The minimum Gasteiger partial charge on any atom is -0.406 e. The second-order valence-electron chi connectivity index (χ2n) is 6.81. The zero-order valence-corrected chi connectivity index (χ0v) is 18.7. The van der Waals surface area contributed by atoms with Crippen LogP contribution in [0.25, 0.3) is 0 Å². The van der Waals surface area contributed by atoms with Crippen molar-refractivity contribution in [1.29, 1.82) is 0 Å². The summed E-state index contributed by atoms with van der Waals surface area (Å²) in [6, 6.07) is 8.02. The third-order valence-corrected chi connectivity index (χ3v) is 5.03. The van der Waals surface area contributed by atoms with Crippen LogP contribution in [0.15, 0.2) is 48.1 Å². The fourth-order valence-electron chi connectivity index (χ4n) is 2.79. The van der Waals surface area contributed by atoms with E-state index in [1.54, 1.807) is 23.8 Å². The van der Waals surface area contributed by atoms with Crippen molar-refractivity contribution >= 4 is 40.6 Å². The molecule has 0 aliphatic carbocycles. The van der Waals surface area contributed by atoms with Gasteiger partial charge in [-0.3, -0.25) is 10.1 Å². The lowest BCUT2D eigenvalue weighted by molar-refractivity contribution is -0.274. The topological polar surface area (TPSA) is 117 Å². The Balaban J connectivity index is 1.54. The van der Waals surface area contributed by atoms with E-state index in [0.29, 0.717) is 35.3 Å². The van der Waals surface area contributed by atoms with E-state index in [2.05, 4.69) is 36.0 Å². The normalized spacial score (nSPS) is 10.9. The molecular formula is C21H21F3N6O3S. The highest BCUT2D eigenvalue weighted by Crippen LogP contribution is 2.25. The molecule has 4 N–H and O–H groups in total. The van der Waals surface area contributed by atoms with Gasteiger partial charge in [0.1, 0.15) is 17.4 Å².